The predicted octanol–water partition coefficient (Wildman–Crippen LogP) is 2.71. The predicted molar refractivity (Wildman–Crippen MR) is 124 cm³/mol. The molecule has 0 unspecified atom stereocenters. The molecule has 0 bridgehead atoms. The van der Waals surface area contributed by atoms with Gasteiger partial charge in [-0.25, -0.2) is 9.97 Å². The van der Waals surface area contributed by atoms with Gasteiger partial charge in [-0.05, 0) is 48.6 Å². The van der Waals surface area contributed by atoms with Gasteiger partial charge in [0.25, 0.3) is 0 Å². The number of aryl methyl sites for hydroxylation is 1. The molecule has 160 valence electrons. The first-order valence-electron chi connectivity index (χ1n) is 9.79. The number of nitrogens with two attached hydrogens (primary N) is 1. The highest BCUT2D eigenvalue weighted by Gasteiger charge is 2.18. The molecule has 31 heavy (non-hydrogen) atoms. The van der Waals surface area contributed by atoms with Crippen LogP contribution in [0.5, 0.6) is 0 Å². The molecule has 10 nitrogen and oxygen atoms in total. The van der Waals surface area contributed by atoms with Gasteiger partial charge in [0.1, 0.15) is 5.82 Å². The van der Waals surface area contributed by atoms with Crippen LogP contribution in [0.25, 0.3) is 16.0 Å². The van der Waals surface area contributed by atoms with Gasteiger partial charge in [0.05, 0.1) is 22.1 Å². The molecule has 5 rings (SSSR count). The standard InChI is InChI=1S/C19H21ClN10S/c1-11-10-31-15-14(11)24-17(20)25-16(15)30-18(21)26-19(27-30)23-12-3-4-13(22-9-12)29-7-5-28(2)6-8-29/h3-4,9-10H,5-8H2,1-2H3,(H3,21,23,26,27). The molecule has 4 aromatic heterocycles. The van der Waals surface area contributed by atoms with Crippen LogP contribution in [-0.2, 0) is 0 Å². The summed E-state index contributed by atoms with van der Waals surface area (Å²) >= 11 is 7.64. The maximum atomic E-state index is 6.13. The second-order valence-corrected chi connectivity index (χ2v) is 8.66. The molecule has 0 aliphatic carbocycles. The first kappa shape index (κ1) is 19.9. The fraction of sp³-hybridized carbons (Fsp3) is 0.316. The molecule has 4 aromatic rings. The van der Waals surface area contributed by atoms with Gasteiger partial charge in [-0.2, -0.15) is 14.6 Å². The van der Waals surface area contributed by atoms with Crippen LogP contribution in [0.2, 0.25) is 5.28 Å². The number of hydrogen-bond acceptors (Lipinski definition) is 10. The van der Waals surface area contributed by atoms with Gasteiger partial charge in [0, 0.05) is 26.2 Å². The van der Waals surface area contributed by atoms with E-state index in [1.165, 1.54) is 16.0 Å². The van der Waals surface area contributed by atoms with Crippen molar-refractivity contribution in [2.75, 3.05) is 49.2 Å². The fourth-order valence-electron chi connectivity index (χ4n) is 3.48. The van der Waals surface area contributed by atoms with Crippen molar-refractivity contribution in [2.45, 2.75) is 6.92 Å². The number of rotatable bonds is 4. The van der Waals surface area contributed by atoms with E-state index in [2.05, 4.69) is 47.2 Å². The minimum atomic E-state index is 0.136. The van der Waals surface area contributed by atoms with Crippen molar-refractivity contribution in [2.24, 2.45) is 0 Å². The van der Waals surface area contributed by atoms with Crippen LogP contribution in [0.1, 0.15) is 5.56 Å². The van der Waals surface area contributed by atoms with Gasteiger partial charge < -0.3 is 20.9 Å². The first-order valence-corrected chi connectivity index (χ1v) is 11.0. The van der Waals surface area contributed by atoms with Crippen LogP contribution in [0.4, 0.5) is 23.4 Å². The first-order chi connectivity index (χ1) is 15.0. The molecule has 0 amide bonds. The van der Waals surface area contributed by atoms with E-state index in [0.717, 1.165) is 53.5 Å². The Kier molecular flexibility index (Phi) is 5.08. The lowest BCUT2D eigenvalue weighted by molar-refractivity contribution is 0.312. The highest BCUT2D eigenvalue weighted by atomic mass is 35.5. The van der Waals surface area contributed by atoms with Gasteiger partial charge in [-0.1, -0.05) is 0 Å². The summed E-state index contributed by atoms with van der Waals surface area (Å²) in [6.45, 7) is 5.98. The van der Waals surface area contributed by atoms with Crippen LogP contribution < -0.4 is 16.0 Å². The Hall–Kier alpha value is -3.02. The molecule has 0 spiro atoms. The van der Waals surface area contributed by atoms with Crippen LogP contribution in [0, 0.1) is 6.92 Å². The van der Waals surface area contributed by atoms with Gasteiger partial charge in [-0.15, -0.1) is 16.4 Å². The lowest BCUT2D eigenvalue weighted by Crippen LogP contribution is -2.44. The Morgan fingerprint density at radius 2 is 1.94 bits per heavy atom. The molecule has 1 aliphatic heterocycles. The normalized spacial score (nSPS) is 15.0. The smallest absolute Gasteiger partial charge is 0.248 e. The van der Waals surface area contributed by atoms with E-state index in [-0.39, 0.29) is 11.2 Å². The number of aromatic nitrogens is 6. The van der Waals surface area contributed by atoms with E-state index in [1.807, 2.05) is 24.4 Å². The average Bonchev–Trinajstić information content (AvgIpc) is 3.31. The number of halogens is 1. The van der Waals surface area contributed by atoms with E-state index in [9.17, 15) is 0 Å². The van der Waals surface area contributed by atoms with Crippen molar-refractivity contribution < 1.29 is 0 Å². The van der Waals surface area contributed by atoms with Crippen LogP contribution in [0.3, 0.4) is 0 Å². The maximum absolute atomic E-state index is 6.13. The molecule has 1 aliphatic rings. The van der Waals surface area contributed by atoms with Crippen molar-refractivity contribution in [1.82, 2.24) is 34.6 Å². The molecule has 5 heterocycles. The third-order valence-electron chi connectivity index (χ3n) is 5.21. The van der Waals surface area contributed by atoms with Crippen LogP contribution >= 0.6 is 22.9 Å². The molecular weight excluding hydrogens is 436 g/mol. The summed E-state index contributed by atoms with van der Waals surface area (Å²) in [5.74, 6) is 2.02. The van der Waals surface area contributed by atoms with Crippen molar-refractivity contribution in [3.8, 4) is 5.82 Å². The number of anilines is 4. The highest BCUT2D eigenvalue weighted by Crippen LogP contribution is 2.30. The molecule has 0 atom stereocenters. The highest BCUT2D eigenvalue weighted by molar-refractivity contribution is 7.17. The third-order valence-corrected chi connectivity index (χ3v) is 6.46. The van der Waals surface area contributed by atoms with Crippen LogP contribution in [0.15, 0.2) is 23.7 Å². The Morgan fingerprint density at radius 1 is 1.13 bits per heavy atom. The minimum Gasteiger partial charge on any atom is -0.368 e. The number of pyridine rings is 1. The Morgan fingerprint density at radius 3 is 2.68 bits per heavy atom. The van der Waals surface area contributed by atoms with E-state index in [4.69, 9.17) is 17.3 Å². The summed E-state index contributed by atoms with van der Waals surface area (Å²) in [6, 6.07) is 3.95. The summed E-state index contributed by atoms with van der Waals surface area (Å²) in [6.07, 6.45) is 1.77. The summed E-state index contributed by atoms with van der Waals surface area (Å²) in [4.78, 5) is 22.1. The number of likely N-dealkylation sites (N-methyl/N-ethyl adjacent to an activating group) is 1. The zero-order valence-corrected chi connectivity index (χ0v) is 18.7. The molecule has 0 radical (unpaired) electrons. The number of nitrogens with one attached hydrogen (secondary N) is 1. The lowest BCUT2D eigenvalue weighted by Gasteiger charge is -2.33. The number of fused-ring (bicyclic) bond motifs is 1. The number of nitrogens with zero attached hydrogens (tertiary/aromatic N) is 8. The zero-order valence-electron chi connectivity index (χ0n) is 17.1. The summed E-state index contributed by atoms with van der Waals surface area (Å²) < 4.78 is 2.32. The number of piperazine rings is 1. The number of thiophene rings is 1. The van der Waals surface area contributed by atoms with Crippen molar-refractivity contribution in [3.05, 3.63) is 34.6 Å². The molecule has 3 N–H and O–H groups in total. The second-order valence-electron chi connectivity index (χ2n) is 7.44. The summed E-state index contributed by atoms with van der Waals surface area (Å²) in [5.41, 5.74) is 8.71. The fourth-order valence-corrected chi connectivity index (χ4v) is 4.61. The summed E-state index contributed by atoms with van der Waals surface area (Å²) in [5, 5.41) is 9.77. The Balaban J connectivity index is 1.38. The number of nitrogen functional groups attached to an aromatic ring is 1. The van der Waals surface area contributed by atoms with Gasteiger partial charge in [0.2, 0.25) is 17.2 Å². The van der Waals surface area contributed by atoms with Crippen molar-refractivity contribution in [3.63, 3.8) is 0 Å². The molecule has 0 aromatic carbocycles. The topological polar surface area (TPSA) is 114 Å². The zero-order chi connectivity index (χ0) is 21.5. The maximum Gasteiger partial charge on any atom is 0.248 e. The van der Waals surface area contributed by atoms with Crippen molar-refractivity contribution >= 4 is 56.6 Å². The molecule has 1 saturated heterocycles. The Labute approximate surface area is 187 Å². The summed E-state index contributed by atoms with van der Waals surface area (Å²) in [7, 11) is 2.13. The second kappa shape index (κ2) is 7.91. The van der Waals surface area contributed by atoms with E-state index < -0.39 is 0 Å². The van der Waals surface area contributed by atoms with Gasteiger partial charge >= 0.3 is 0 Å². The van der Waals surface area contributed by atoms with Crippen LogP contribution in [-0.4, -0.2) is 67.8 Å². The number of hydrogen-bond donors (Lipinski definition) is 2. The Bertz CT molecular complexity index is 1230. The minimum absolute atomic E-state index is 0.136. The SMILES string of the molecule is Cc1csc2c(-n3nc(Nc4ccc(N5CCN(C)CC5)nc4)nc3N)nc(Cl)nc12. The quantitative estimate of drug-likeness (QED) is 0.447. The van der Waals surface area contributed by atoms with E-state index in [1.54, 1.807) is 6.20 Å². The average molecular weight is 457 g/mol. The molecular formula is C19H21ClN10S. The third kappa shape index (κ3) is 3.87. The van der Waals surface area contributed by atoms with Crippen molar-refractivity contribution in [1.29, 1.82) is 0 Å². The monoisotopic (exact) mass is 456 g/mol. The van der Waals surface area contributed by atoms with Gasteiger partial charge in [-0.3, -0.25) is 0 Å². The largest absolute Gasteiger partial charge is 0.368 e. The molecule has 0 saturated carbocycles. The van der Waals surface area contributed by atoms with E-state index in [0.29, 0.717) is 11.8 Å². The lowest BCUT2D eigenvalue weighted by atomic mass is 10.3. The molecule has 12 heteroatoms. The van der Waals surface area contributed by atoms with Gasteiger partial charge in [0.15, 0.2) is 5.82 Å². The van der Waals surface area contributed by atoms with E-state index >= 15 is 0 Å². The molecule has 1 fully saturated rings.